The molecule has 1 saturated heterocycles. The minimum absolute atomic E-state index is 0.0371. The third-order valence-electron chi connectivity index (χ3n) is 5.51. The summed E-state index contributed by atoms with van der Waals surface area (Å²) in [6.07, 6.45) is -1.50. The van der Waals surface area contributed by atoms with Gasteiger partial charge in [0.25, 0.3) is 0 Å². The summed E-state index contributed by atoms with van der Waals surface area (Å²) in [7, 11) is 0. The van der Waals surface area contributed by atoms with Gasteiger partial charge in [0.05, 0.1) is 19.4 Å². The topological polar surface area (TPSA) is 101 Å². The fraction of sp³-hybridized carbons (Fsp3) is 0.259. The van der Waals surface area contributed by atoms with Crippen LogP contribution in [-0.4, -0.2) is 43.0 Å². The van der Waals surface area contributed by atoms with E-state index in [0.29, 0.717) is 11.3 Å². The highest BCUT2D eigenvalue weighted by atomic mass is 17.2. The van der Waals surface area contributed by atoms with Crippen LogP contribution in [0, 0.1) is 0 Å². The van der Waals surface area contributed by atoms with Crippen LogP contribution in [0.4, 0.5) is 0 Å². The summed E-state index contributed by atoms with van der Waals surface area (Å²) in [4.78, 5) is 33.1. The molecule has 2 atom stereocenters. The number of carbonyl (C=O) groups is 2. The highest BCUT2D eigenvalue weighted by Gasteiger charge is 2.28. The molecule has 1 heterocycles. The Balaban J connectivity index is 1.24. The average Bonchev–Trinajstić information content (AvgIpc) is 2.89. The van der Waals surface area contributed by atoms with Crippen LogP contribution in [0.1, 0.15) is 30.3 Å². The van der Waals surface area contributed by atoms with Gasteiger partial charge < -0.3 is 19.3 Å². The van der Waals surface area contributed by atoms with E-state index < -0.39 is 24.3 Å². The second kappa shape index (κ2) is 11.6. The maximum atomic E-state index is 11.4. The Kier molecular flexibility index (Phi) is 8.10. The second-order valence-electron chi connectivity index (χ2n) is 7.93. The molecular weight excluding hydrogens is 452 g/mol. The molecule has 1 fully saturated rings. The van der Waals surface area contributed by atoms with Gasteiger partial charge in [0.1, 0.15) is 25.1 Å². The first kappa shape index (κ1) is 24.4. The van der Waals surface area contributed by atoms with Crippen LogP contribution in [0.2, 0.25) is 0 Å². The maximum absolute atomic E-state index is 11.4. The van der Waals surface area contributed by atoms with Gasteiger partial charge in [-0.2, -0.15) is 4.89 Å². The van der Waals surface area contributed by atoms with E-state index in [2.05, 4.69) is 6.58 Å². The predicted octanol–water partition coefficient (Wildman–Crippen LogP) is 4.69. The molecule has 0 amide bonds. The molecule has 0 radical (unpaired) electrons. The minimum atomic E-state index is -1.04. The van der Waals surface area contributed by atoms with E-state index in [1.807, 2.05) is 54.6 Å². The van der Waals surface area contributed by atoms with Crippen molar-refractivity contribution in [2.45, 2.75) is 25.2 Å². The number of carboxylic acids is 1. The number of carbonyl (C=O) groups excluding carboxylic acids is 1. The maximum Gasteiger partial charge on any atom is 0.306 e. The number of rotatable bonds is 10. The van der Waals surface area contributed by atoms with Crippen molar-refractivity contribution in [2.75, 3.05) is 19.8 Å². The van der Waals surface area contributed by atoms with Crippen LogP contribution in [0.25, 0.3) is 16.3 Å². The molecule has 3 aromatic rings. The van der Waals surface area contributed by atoms with Crippen molar-refractivity contribution in [1.29, 1.82) is 0 Å². The summed E-state index contributed by atoms with van der Waals surface area (Å²) in [5.74, 6) is -1.01. The standard InChI is InChI=1S/C27H26O8/c1-18(19-9-11-21(12-10-19)31-15-16-32-26(30)14-13-25(28)29)24-17-33-27(35-34-24)23-8-4-6-20-5-2-3-7-22(20)23/h2-12,24,27H,1,13-17H2,(H,28,29). The van der Waals surface area contributed by atoms with Gasteiger partial charge in [0.2, 0.25) is 6.29 Å². The monoisotopic (exact) mass is 478 g/mol. The van der Waals surface area contributed by atoms with Crippen LogP contribution in [0.3, 0.4) is 0 Å². The molecule has 8 nitrogen and oxygen atoms in total. The summed E-state index contributed by atoms with van der Waals surface area (Å²) in [5.41, 5.74) is 2.46. The second-order valence-corrected chi connectivity index (χ2v) is 7.93. The zero-order valence-electron chi connectivity index (χ0n) is 19.1. The van der Waals surface area contributed by atoms with Crippen LogP contribution in [-0.2, 0) is 28.8 Å². The lowest BCUT2D eigenvalue weighted by atomic mass is 10.0. The molecule has 0 aliphatic carbocycles. The zero-order chi connectivity index (χ0) is 24.6. The number of hydrogen-bond acceptors (Lipinski definition) is 7. The highest BCUT2D eigenvalue weighted by molar-refractivity contribution is 5.85. The average molecular weight is 478 g/mol. The van der Waals surface area contributed by atoms with E-state index in [4.69, 9.17) is 29.1 Å². The molecule has 4 rings (SSSR count). The van der Waals surface area contributed by atoms with E-state index in [9.17, 15) is 9.59 Å². The molecule has 182 valence electrons. The van der Waals surface area contributed by atoms with Gasteiger partial charge in [-0.15, -0.1) is 0 Å². The Morgan fingerprint density at radius 3 is 2.46 bits per heavy atom. The molecule has 0 spiro atoms. The van der Waals surface area contributed by atoms with E-state index in [-0.39, 0.29) is 32.7 Å². The molecule has 3 aromatic carbocycles. The van der Waals surface area contributed by atoms with Crippen molar-refractivity contribution >= 4 is 28.3 Å². The molecule has 1 aliphatic heterocycles. The normalized spacial score (nSPS) is 17.6. The first-order valence-electron chi connectivity index (χ1n) is 11.2. The number of hydrogen-bond donors (Lipinski definition) is 1. The van der Waals surface area contributed by atoms with Crippen LogP contribution in [0.15, 0.2) is 73.3 Å². The first-order chi connectivity index (χ1) is 17.0. The van der Waals surface area contributed by atoms with Gasteiger partial charge in [0.15, 0.2) is 0 Å². The molecule has 1 N–H and O–H groups in total. The third-order valence-corrected chi connectivity index (χ3v) is 5.51. The Bertz CT molecular complexity index is 1170. The fourth-order valence-corrected chi connectivity index (χ4v) is 3.65. The van der Waals surface area contributed by atoms with Gasteiger partial charge in [-0.05, 0) is 34.0 Å². The number of fused-ring (bicyclic) bond motifs is 1. The van der Waals surface area contributed by atoms with Crippen molar-refractivity contribution in [3.8, 4) is 5.75 Å². The molecule has 35 heavy (non-hydrogen) atoms. The number of aliphatic carboxylic acids is 1. The van der Waals surface area contributed by atoms with Crippen LogP contribution >= 0.6 is 0 Å². The lowest BCUT2D eigenvalue weighted by molar-refractivity contribution is -0.435. The van der Waals surface area contributed by atoms with Crippen LogP contribution < -0.4 is 4.74 Å². The summed E-state index contributed by atoms with van der Waals surface area (Å²) < 4.78 is 16.5. The predicted molar refractivity (Wildman–Crippen MR) is 127 cm³/mol. The number of carboxylic acid groups (broad SMARTS) is 1. The summed E-state index contributed by atoms with van der Waals surface area (Å²) in [5, 5.41) is 10.7. The third kappa shape index (κ3) is 6.45. The molecule has 8 heteroatoms. The van der Waals surface area contributed by atoms with Crippen molar-refractivity contribution in [2.24, 2.45) is 0 Å². The van der Waals surface area contributed by atoms with E-state index in [1.54, 1.807) is 12.1 Å². The van der Waals surface area contributed by atoms with Gasteiger partial charge in [0, 0.05) is 5.56 Å². The Morgan fingerprint density at radius 1 is 0.943 bits per heavy atom. The molecule has 0 aromatic heterocycles. The van der Waals surface area contributed by atoms with Crippen molar-refractivity contribution in [3.05, 3.63) is 84.4 Å². The van der Waals surface area contributed by atoms with Crippen LogP contribution in [0.5, 0.6) is 5.75 Å². The Labute approximate surface area is 202 Å². The summed E-state index contributed by atoms with van der Waals surface area (Å²) in [6.45, 7) is 4.61. The quantitative estimate of drug-likeness (QED) is 0.255. The van der Waals surface area contributed by atoms with Crippen molar-refractivity contribution in [1.82, 2.24) is 0 Å². The Hall–Kier alpha value is -3.72. The summed E-state index contributed by atoms with van der Waals surface area (Å²) in [6, 6.07) is 21.2. The SMILES string of the molecule is C=C(c1ccc(OCCOC(=O)CCC(=O)O)cc1)C1COC(c2cccc3ccccc23)OO1. The van der Waals surface area contributed by atoms with E-state index in [1.165, 1.54) is 0 Å². The minimum Gasteiger partial charge on any atom is -0.490 e. The van der Waals surface area contributed by atoms with E-state index >= 15 is 0 Å². The van der Waals surface area contributed by atoms with Crippen molar-refractivity contribution < 1.29 is 38.7 Å². The zero-order valence-corrected chi connectivity index (χ0v) is 19.1. The van der Waals surface area contributed by atoms with Gasteiger partial charge >= 0.3 is 11.9 Å². The molecule has 1 aliphatic rings. The number of benzene rings is 3. The molecular formula is C27H26O8. The number of ether oxygens (including phenoxy) is 3. The largest absolute Gasteiger partial charge is 0.490 e. The van der Waals surface area contributed by atoms with Gasteiger partial charge in [-0.1, -0.05) is 61.2 Å². The smallest absolute Gasteiger partial charge is 0.306 e. The van der Waals surface area contributed by atoms with Gasteiger partial charge in [-0.25, -0.2) is 4.89 Å². The fourth-order valence-electron chi connectivity index (χ4n) is 3.65. The molecule has 0 saturated carbocycles. The van der Waals surface area contributed by atoms with Crippen molar-refractivity contribution in [3.63, 3.8) is 0 Å². The summed E-state index contributed by atoms with van der Waals surface area (Å²) >= 11 is 0. The Morgan fingerprint density at radius 2 is 1.71 bits per heavy atom. The number of esters is 1. The molecule has 2 unspecified atom stereocenters. The lowest BCUT2D eigenvalue weighted by Gasteiger charge is -2.30. The molecule has 0 bridgehead atoms. The highest BCUT2D eigenvalue weighted by Crippen LogP contribution is 2.33. The first-order valence-corrected chi connectivity index (χ1v) is 11.2. The van der Waals surface area contributed by atoms with E-state index in [0.717, 1.165) is 21.9 Å². The lowest BCUT2D eigenvalue weighted by Crippen LogP contribution is -2.30. The van der Waals surface area contributed by atoms with Gasteiger partial charge in [-0.3, -0.25) is 9.59 Å².